The summed E-state index contributed by atoms with van der Waals surface area (Å²) in [5, 5.41) is 8.02. The second-order valence-electron chi connectivity index (χ2n) is 1.22. The van der Waals surface area contributed by atoms with Crippen molar-refractivity contribution in [2.45, 2.75) is 6.92 Å². The summed E-state index contributed by atoms with van der Waals surface area (Å²) in [5.41, 5.74) is 0. The quantitative estimate of drug-likeness (QED) is 0.334. The summed E-state index contributed by atoms with van der Waals surface area (Å²) in [5.74, 6) is -0.914. The summed E-state index contributed by atoms with van der Waals surface area (Å²) >= 11 is 0. The van der Waals surface area contributed by atoms with Gasteiger partial charge in [-0.1, -0.05) is 18.2 Å². The monoisotopic (exact) mass is 188 g/mol. The van der Waals surface area contributed by atoms with Gasteiger partial charge in [0, 0.05) is 6.08 Å². The first kappa shape index (κ1) is 17.1. The van der Waals surface area contributed by atoms with Gasteiger partial charge in [0.25, 0.3) is 0 Å². The molecular weight excluding hydrogens is 179 g/mol. The first-order valence-corrected chi connectivity index (χ1v) is 2.29. The van der Waals surface area contributed by atoms with Crippen LogP contribution in [0.1, 0.15) is 8.35 Å². The normalized spacial score (nSPS) is 8.90. The van der Waals surface area contributed by atoms with Crippen molar-refractivity contribution in [3.63, 3.8) is 0 Å². The van der Waals surface area contributed by atoms with Crippen molar-refractivity contribution in [2.75, 3.05) is 0 Å². The maximum atomic E-state index is 9.75. The molecule has 0 fully saturated rings. The second kappa shape index (κ2) is 12.5. The van der Waals surface area contributed by atoms with Crippen molar-refractivity contribution in [1.82, 2.24) is 0 Å². The number of rotatable bonds is 2. The molecular formula is C6H10ClKO2. The van der Waals surface area contributed by atoms with Crippen molar-refractivity contribution < 1.29 is 62.7 Å². The Balaban J connectivity index is -0.0000000817. The predicted octanol–water partition coefficient (Wildman–Crippen LogP) is -1.26. The maximum absolute atomic E-state index is 9.75. The van der Waals surface area contributed by atoms with Gasteiger partial charge in [0.15, 0.2) is 0 Å². The molecule has 0 atom stereocenters. The van der Waals surface area contributed by atoms with E-state index in [-0.39, 0.29) is 65.2 Å². The van der Waals surface area contributed by atoms with Gasteiger partial charge in [-0.15, -0.1) is 12.4 Å². The molecule has 0 heterocycles. The molecule has 54 valence electrons. The fourth-order valence-electron chi connectivity index (χ4n) is 0.249. The van der Waals surface area contributed by atoms with E-state index in [1.165, 1.54) is 6.08 Å². The molecule has 0 aliphatic heterocycles. The first-order chi connectivity index (χ1) is 3.77. The standard InChI is InChI=1S/C6H8O2.ClH.K.H/c1-2-3-4-5-6(7)8;;;/h2-5H,1H3,(H,7,8);1H;;/q;;+1;-1/b3-2+,5-4+;;;. The molecule has 2 nitrogen and oxygen atoms in total. The minimum atomic E-state index is -0.914. The molecule has 0 spiro atoms. The Bertz CT molecular complexity index is 137. The van der Waals surface area contributed by atoms with Crippen LogP contribution in [0.4, 0.5) is 0 Å². The van der Waals surface area contributed by atoms with Crippen molar-refractivity contribution in [2.24, 2.45) is 0 Å². The van der Waals surface area contributed by atoms with E-state index in [1.807, 2.05) is 6.92 Å². The third-order valence-corrected chi connectivity index (χ3v) is 0.542. The van der Waals surface area contributed by atoms with E-state index in [0.29, 0.717) is 0 Å². The zero-order chi connectivity index (χ0) is 6.41. The van der Waals surface area contributed by atoms with E-state index in [2.05, 4.69) is 0 Å². The molecule has 0 aliphatic carbocycles. The van der Waals surface area contributed by atoms with Crippen LogP contribution < -0.4 is 51.4 Å². The molecule has 0 amide bonds. The van der Waals surface area contributed by atoms with E-state index in [0.717, 1.165) is 6.08 Å². The molecule has 0 aromatic heterocycles. The van der Waals surface area contributed by atoms with Crippen LogP contribution in [0.15, 0.2) is 24.3 Å². The van der Waals surface area contributed by atoms with Crippen molar-refractivity contribution >= 4 is 18.4 Å². The summed E-state index contributed by atoms with van der Waals surface area (Å²) in [6.45, 7) is 1.83. The summed E-state index contributed by atoms with van der Waals surface area (Å²) in [4.78, 5) is 9.75. The fourth-order valence-corrected chi connectivity index (χ4v) is 0.249. The maximum Gasteiger partial charge on any atom is 1.00 e. The van der Waals surface area contributed by atoms with Gasteiger partial charge in [-0.3, -0.25) is 0 Å². The number of allylic oxidation sites excluding steroid dienone is 3. The number of carboxylic acids is 1. The minimum absolute atomic E-state index is 0. The number of hydrogen-bond acceptors (Lipinski definition) is 1. The molecule has 0 unspecified atom stereocenters. The van der Waals surface area contributed by atoms with Gasteiger partial charge in [-0.25, -0.2) is 4.79 Å². The Kier molecular flexibility index (Phi) is 21.5. The van der Waals surface area contributed by atoms with Crippen LogP contribution in [-0.2, 0) is 4.79 Å². The fraction of sp³-hybridized carbons (Fsp3) is 0.167. The van der Waals surface area contributed by atoms with E-state index >= 15 is 0 Å². The van der Waals surface area contributed by atoms with Gasteiger partial charge in [-0.2, -0.15) is 0 Å². The molecule has 0 rings (SSSR count). The number of carboxylic acid groups (broad SMARTS) is 1. The molecule has 0 aromatic rings. The third kappa shape index (κ3) is 15.9. The van der Waals surface area contributed by atoms with Crippen LogP contribution >= 0.6 is 12.4 Å². The average Bonchev–Trinajstić information content (AvgIpc) is 1.66. The molecule has 0 aliphatic rings. The molecule has 0 saturated heterocycles. The largest absolute Gasteiger partial charge is 1.00 e. The van der Waals surface area contributed by atoms with E-state index in [1.54, 1.807) is 12.2 Å². The van der Waals surface area contributed by atoms with Crippen LogP contribution in [0.3, 0.4) is 0 Å². The minimum Gasteiger partial charge on any atom is -1.00 e. The molecule has 0 saturated carbocycles. The van der Waals surface area contributed by atoms with Crippen LogP contribution in [0.25, 0.3) is 0 Å². The molecule has 0 radical (unpaired) electrons. The number of carbonyl (C=O) groups is 1. The molecule has 4 heteroatoms. The predicted molar refractivity (Wildman–Crippen MR) is 39.9 cm³/mol. The molecule has 0 bridgehead atoms. The van der Waals surface area contributed by atoms with Crippen molar-refractivity contribution in [1.29, 1.82) is 0 Å². The van der Waals surface area contributed by atoms with E-state index in [9.17, 15) is 4.79 Å². The first-order valence-electron chi connectivity index (χ1n) is 2.29. The van der Waals surface area contributed by atoms with Gasteiger partial charge in [0.1, 0.15) is 0 Å². The number of hydrogen-bond donors (Lipinski definition) is 1. The molecule has 0 aromatic carbocycles. The van der Waals surface area contributed by atoms with Gasteiger partial charge < -0.3 is 6.53 Å². The van der Waals surface area contributed by atoms with Crippen LogP contribution in [0, 0.1) is 0 Å². The summed E-state index contributed by atoms with van der Waals surface area (Å²) in [6, 6.07) is 0. The Hall–Kier alpha value is 0.876. The third-order valence-electron chi connectivity index (χ3n) is 0.542. The average molecular weight is 189 g/mol. The zero-order valence-electron chi connectivity index (χ0n) is 7.07. The number of halogens is 1. The van der Waals surface area contributed by atoms with Gasteiger partial charge in [0.2, 0.25) is 0 Å². The van der Waals surface area contributed by atoms with Gasteiger partial charge in [0.05, 0.1) is 0 Å². The van der Waals surface area contributed by atoms with Gasteiger partial charge in [-0.05, 0) is 6.92 Å². The number of aliphatic carboxylic acids is 1. The van der Waals surface area contributed by atoms with Crippen LogP contribution in [-0.4, -0.2) is 11.1 Å². The summed E-state index contributed by atoms with van der Waals surface area (Å²) in [6.07, 6.45) is 5.98. The molecule has 1 N–H and O–H groups in total. The molecule has 10 heavy (non-hydrogen) atoms. The van der Waals surface area contributed by atoms with E-state index in [4.69, 9.17) is 5.11 Å². The Morgan fingerprint density at radius 1 is 1.50 bits per heavy atom. The SMILES string of the molecule is C/C=C/C=C/C(=O)O.Cl.[H-].[K+]. The van der Waals surface area contributed by atoms with Crippen molar-refractivity contribution in [3.8, 4) is 0 Å². The second-order valence-corrected chi connectivity index (χ2v) is 1.22. The topological polar surface area (TPSA) is 37.3 Å². The smallest absolute Gasteiger partial charge is 1.00 e. The van der Waals surface area contributed by atoms with Crippen molar-refractivity contribution in [3.05, 3.63) is 24.3 Å². The Morgan fingerprint density at radius 3 is 2.30 bits per heavy atom. The summed E-state index contributed by atoms with van der Waals surface area (Å²) in [7, 11) is 0. The van der Waals surface area contributed by atoms with E-state index < -0.39 is 5.97 Å². The van der Waals surface area contributed by atoms with Crippen LogP contribution in [0.2, 0.25) is 0 Å². The Morgan fingerprint density at radius 2 is 2.00 bits per heavy atom. The van der Waals surface area contributed by atoms with Gasteiger partial charge >= 0.3 is 57.4 Å². The zero-order valence-corrected chi connectivity index (χ0v) is 10.0. The van der Waals surface area contributed by atoms with Crippen LogP contribution in [0.5, 0.6) is 0 Å². The Labute approximate surface area is 111 Å². The summed E-state index contributed by atoms with van der Waals surface area (Å²) < 4.78 is 0.